The second-order valence-electron chi connectivity index (χ2n) is 4.25. The molecule has 1 aromatic carbocycles. The standard InChI is InChI=1S/C14H16ClFN4O/c1-4-20(5-2)14-18-12(17-13(15)19-14)9-6-7-11(21-3)10(16)8-9/h6-8H,4-5H2,1-3H3. The molecule has 0 atom stereocenters. The predicted octanol–water partition coefficient (Wildman–Crippen LogP) is 3.19. The number of hydrogen-bond acceptors (Lipinski definition) is 5. The number of anilines is 1. The van der Waals surface area contributed by atoms with Gasteiger partial charge in [0.05, 0.1) is 7.11 Å². The lowest BCUT2D eigenvalue weighted by Crippen LogP contribution is -2.24. The summed E-state index contributed by atoms with van der Waals surface area (Å²) in [5.41, 5.74) is 0.519. The summed E-state index contributed by atoms with van der Waals surface area (Å²) in [6.07, 6.45) is 0. The van der Waals surface area contributed by atoms with Crippen molar-refractivity contribution in [2.75, 3.05) is 25.1 Å². The molecule has 2 aromatic rings. The minimum Gasteiger partial charge on any atom is -0.494 e. The quantitative estimate of drug-likeness (QED) is 0.849. The van der Waals surface area contributed by atoms with E-state index in [9.17, 15) is 4.39 Å². The summed E-state index contributed by atoms with van der Waals surface area (Å²) in [6.45, 7) is 5.47. The number of rotatable bonds is 5. The van der Waals surface area contributed by atoms with Crippen LogP contribution in [0.2, 0.25) is 5.28 Å². The molecule has 0 aliphatic heterocycles. The van der Waals surface area contributed by atoms with Crippen LogP contribution in [0.3, 0.4) is 0 Å². The van der Waals surface area contributed by atoms with E-state index in [1.165, 1.54) is 19.2 Å². The Morgan fingerprint density at radius 1 is 1.19 bits per heavy atom. The van der Waals surface area contributed by atoms with Crippen molar-refractivity contribution in [3.05, 3.63) is 29.3 Å². The van der Waals surface area contributed by atoms with Crippen molar-refractivity contribution >= 4 is 17.5 Å². The Labute approximate surface area is 127 Å². The van der Waals surface area contributed by atoms with Crippen molar-refractivity contribution in [3.63, 3.8) is 0 Å². The van der Waals surface area contributed by atoms with Gasteiger partial charge in [0, 0.05) is 18.7 Å². The van der Waals surface area contributed by atoms with Gasteiger partial charge in [-0.2, -0.15) is 15.0 Å². The molecule has 0 spiro atoms. The topological polar surface area (TPSA) is 51.1 Å². The van der Waals surface area contributed by atoms with Gasteiger partial charge in [0.1, 0.15) is 0 Å². The Morgan fingerprint density at radius 3 is 2.48 bits per heavy atom. The second-order valence-corrected chi connectivity index (χ2v) is 4.59. The van der Waals surface area contributed by atoms with E-state index in [0.29, 0.717) is 17.3 Å². The molecule has 0 N–H and O–H groups in total. The lowest BCUT2D eigenvalue weighted by atomic mass is 10.2. The van der Waals surface area contributed by atoms with E-state index in [1.54, 1.807) is 6.07 Å². The van der Waals surface area contributed by atoms with Crippen LogP contribution >= 0.6 is 11.6 Å². The molecule has 112 valence electrons. The predicted molar refractivity (Wildman–Crippen MR) is 80.3 cm³/mol. The van der Waals surface area contributed by atoms with E-state index in [1.807, 2.05) is 18.7 Å². The van der Waals surface area contributed by atoms with Crippen LogP contribution in [0.15, 0.2) is 18.2 Å². The van der Waals surface area contributed by atoms with E-state index in [-0.39, 0.29) is 11.0 Å². The van der Waals surface area contributed by atoms with Crippen LogP contribution in [-0.2, 0) is 0 Å². The highest BCUT2D eigenvalue weighted by molar-refractivity contribution is 6.28. The summed E-state index contributed by atoms with van der Waals surface area (Å²) in [6, 6.07) is 4.52. The third-order valence-electron chi connectivity index (χ3n) is 3.05. The fourth-order valence-electron chi connectivity index (χ4n) is 1.92. The normalized spacial score (nSPS) is 10.5. The molecule has 0 aliphatic rings. The molecule has 1 heterocycles. The Morgan fingerprint density at radius 2 is 1.90 bits per heavy atom. The first-order chi connectivity index (χ1) is 10.1. The lowest BCUT2D eigenvalue weighted by Gasteiger charge is -2.18. The van der Waals surface area contributed by atoms with E-state index in [2.05, 4.69) is 15.0 Å². The van der Waals surface area contributed by atoms with Crippen LogP contribution in [0, 0.1) is 5.82 Å². The van der Waals surface area contributed by atoms with Gasteiger partial charge in [-0.05, 0) is 43.6 Å². The zero-order valence-electron chi connectivity index (χ0n) is 12.1. The molecule has 1 aromatic heterocycles. The molecule has 0 amide bonds. The number of halogens is 2. The van der Waals surface area contributed by atoms with Gasteiger partial charge in [0.25, 0.3) is 0 Å². The number of hydrogen-bond donors (Lipinski definition) is 0. The zero-order chi connectivity index (χ0) is 15.4. The van der Waals surface area contributed by atoms with Gasteiger partial charge in [-0.1, -0.05) is 0 Å². The first-order valence-corrected chi connectivity index (χ1v) is 6.97. The third kappa shape index (κ3) is 3.39. The summed E-state index contributed by atoms with van der Waals surface area (Å²) < 4.78 is 18.7. The second kappa shape index (κ2) is 6.67. The Balaban J connectivity index is 2.46. The maximum Gasteiger partial charge on any atom is 0.230 e. The molecule has 21 heavy (non-hydrogen) atoms. The molecule has 0 saturated heterocycles. The summed E-state index contributed by atoms with van der Waals surface area (Å²) in [5.74, 6) is 0.503. The number of benzene rings is 1. The molecule has 0 saturated carbocycles. The highest BCUT2D eigenvalue weighted by Gasteiger charge is 2.13. The van der Waals surface area contributed by atoms with Gasteiger partial charge >= 0.3 is 0 Å². The lowest BCUT2D eigenvalue weighted by molar-refractivity contribution is 0.386. The Hall–Kier alpha value is -1.95. The smallest absolute Gasteiger partial charge is 0.230 e. The minimum absolute atomic E-state index is 0.0816. The van der Waals surface area contributed by atoms with Crippen LogP contribution in [0.5, 0.6) is 5.75 Å². The molecular formula is C14H16ClFN4O. The minimum atomic E-state index is -0.476. The van der Waals surface area contributed by atoms with Crippen molar-refractivity contribution in [2.24, 2.45) is 0 Å². The monoisotopic (exact) mass is 310 g/mol. The SMILES string of the molecule is CCN(CC)c1nc(Cl)nc(-c2ccc(OC)c(F)c2)n1. The van der Waals surface area contributed by atoms with Crippen LogP contribution in [-0.4, -0.2) is 35.2 Å². The number of methoxy groups -OCH3 is 1. The summed E-state index contributed by atoms with van der Waals surface area (Å²) in [5, 5.41) is 0.0816. The fraction of sp³-hybridized carbons (Fsp3) is 0.357. The first-order valence-electron chi connectivity index (χ1n) is 6.59. The molecule has 2 rings (SSSR count). The summed E-state index contributed by atoms with van der Waals surface area (Å²) >= 11 is 5.95. The van der Waals surface area contributed by atoms with Crippen molar-refractivity contribution in [1.29, 1.82) is 0 Å². The molecule has 0 fully saturated rings. The maximum absolute atomic E-state index is 13.8. The molecule has 0 aliphatic carbocycles. The molecule has 7 heteroatoms. The maximum atomic E-state index is 13.8. The Bertz CT molecular complexity index is 634. The number of aromatic nitrogens is 3. The van der Waals surface area contributed by atoms with Crippen LogP contribution in [0.1, 0.15) is 13.8 Å². The molecule has 0 bridgehead atoms. The number of ether oxygens (including phenoxy) is 1. The van der Waals surface area contributed by atoms with Crippen molar-refractivity contribution in [3.8, 4) is 17.1 Å². The van der Waals surface area contributed by atoms with Crippen molar-refractivity contribution in [2.45, 2.75) is 13.8 Å². The van der Waals surface area contributed by atoms with Gasteiger partial charge in [0.2, 0.25) is 11.2 Å². The molecule has 0 unspecified atom stereocenters. The van der Waals surface area contributed by atoms with Crippen LogP contribution in [0.25, 0.3) is 11.4 Å². The first kappa shape index (κ1) is 15.4. The van der Waals surface area contributed by atoms with Gasteiger partial charge in [-0.25, -0.2) is 4.39 Å². The summed E-state index contributed by atoms with van der Waals surface area (Å²) in [4.78, 5) is 14.5. The van der Waals surface area contributed by atoms with E-state index >= 15 is 0 Å². The number of nitrogens with zero attached hydrogens (tertiary/aromatic N) is 4. The molecular weight excluding hydrogens is 295 g/mol. The summed E-state index contributed by atoms with van der Waals surface area (Å²) in [7, 11) is 1.41. The van der Waals surface area contributed by atoms with Crippen LogP contribution in [0.4, 0.5) is 10.3 Å². The van der Waals surface area contributed by atoms with Gasteiger partial charge < -0.3 is 9.64 Å². The third-order valence-corrected chi connectivity index (χ3v) is 3.22. The van der Waals surface area contributed by atoms with Crippen molar-refractivity contribution < 1.29 is 9.13 Å². The van der Waals surface area contributed by atoms with Crippen LogP contribution < -0.4 is 9.64 Å². The van der Waals surface area contributed by atoms with E-state index in [0.717, 1.165) is 13.1 Å². The fourth-order valence-corrected chi connectivity index (χ4v) is 2.08. The van der Waals surface area contributed by atoms with Gasteiger partial charge in [0.15, 0.2) is 17.4 Å². The zero-order valence-corrected chi connectivity index (χ0v) is 12.9. The average molecular weight is 311 g/mol. The van der Waals surface area contributed by atoms with Gasteiger partial charge in [-0.15, -0.1) is 0 Å². The highest BCUT2D eigenvalue weighted by Crippen LogP contribution is 2.25. The van der Waals surface area contributed by atoms with E-state index in [4.69, 9.17) is 16.3 Å². The van der Waals surface area contributed by atoms with Crippen molar-refractivity contribution in [1.82, 2.24) is 15.0 Å². The molecule has 5 nitrogen and oxygen atoms in total. The Kier molecular flexibility index (Phi) is 4.90. The van der Waals surface area contributed by atoms with E-state index < -0.39 is 5.82 Å². The van der Waals surface area contributed by atoms with Gasteiger partial charge in [-0.3, -0.25) is 0 Å². The highest BCUT2D eigenvalue weighted by atomic mass is 35.5. The average Bonchev–Trinajstić information content (AvgIpc) is 2.48. The molecule has 0 radical (unpaired) electrons. The largest absolute Gasteiger partial charge is 0.494 e.